The average molecular weight is 602 g/mol. The fourth-order valence-corrected chi connectivity index (χ4v) is 6.55. The third kappa shape index (κ3) is 5.72. The summed E-state index contributed by atoms with van der Waals surface area (Å²) < 4.78 is 0. The first-order valence-electron chi connectivity index (χ1n) is 16.3. The molecule has 0 saturated carbocycles. The van der Waals surface area contributed by atoms with Gasteiger partial charge in [0.2, 0.25) is 5.88 Å². The molecule has 46 heavy (non-hydrogen) atoms. The lowest BCUT2D eigenvalue weighted by Gasteiger charge is -2.16. The van der Waals surface area contributed by atoms with E-state index in [1.54, 1.807) is 6.07 Å². The molecule has 0 spiro atoms. The minimum atomic E-state index is 0.0399. The Balaban J connectivity index is 1.19. The van der Waals surface area contributed by atoms with Gasteiger partial charge in [-0.05, 0) is 118 Å². The van der Waals surface area contributed by atoms with E-state index in [4.69, 9.17) is 9.97 Å². The zero-order valence-electron chi connectivity index (χ0n) is 27.1. The van der Waals surface area contributed by atoms with Gasteiger partial charge >= 0.3 is 0 Å². The first-order valence-corrected chi connectivity index (χ1v) is 16.3. The Morgan fingerprint density at radius 2 is 1.26 bits per heavy atom. The molecule has 4 nitrogen and oxygen atoms in total. The standard InChI is InChI=1S/C42H39N3O/c1-25(2)30-11-15-39-32(21-30)10-14-34(44-39)20-27(5)31-12-16-40-38(22-31)35(18-19-43-40)28-6-8-29(9-7-28)37-24-41-33(13-17-42(46)45-41)23-36(37)26(3)4/h6-19,21-27H,20H2,1-5H3,(H,45,46). The van der Waals surface area contributed by atoms with Crippen LogP contribution < -0.4 is 0 Å². The highest BCUT2D eigenvalue weighted by molar-refractivity contribution is 5.95. The van der Waals surface area contributed by atoms with Crippen molar-refractivity contribution in [1.82, 2.24) is 15.0 Å². The van der Waals surface area contributed by atoms with E-state index in [0.29, 0.717) is 17.8 Å². The molecule has 3 heterocycles. The van der Waals surface area contributed by atoms with Crippen molar-refractivity contribution in [3.05, 3.63) is 132 Å². The molecule has 4 heteroatoms. The van der Waals surface area contributed by atoms with Gasteiger partial charge in [0.15, 0.2) is 0 Å². The van der Waals surface area contributed by atoms with E-state index < -0.39 is 0 Å². The Hall–Kier alpha value is -5.09. The van der Waals surface area contributed by atoms with Crippen LogP contribution in [0.3, 0.4) is 0 Å². The van der Waals surface area contributed by atoms with Crippen LogP contribution in [-0.2, 0) is 6.42 Å². The van der Waals surface area contributed by atoms with Crippen LogP contribution in [0, 0.1) is 0 Å². The average Bonchev–Trinajstić information content (AvgIpc) is 3.06. The van der Waals surface area contributed by atoms with Crippen molar-refractivity contribution in [2.24, 2.45) is 0 Å². The van der Waals surface area contributed by atoms with Crippen LogP contribution in [0.15, 0.2) is 109 Å². The molecule has 1 unspecified atom stereocenters. The maximum atomic E-state index is 9.99. The van der Waals surface area contributed by atoms with Crippen molar-refractivity contribution in [1.29, 1.82) is 0 Å². The van der Waals surface area contributed by atoms with Crippen LogP contribution in [0.25, 0.3) is 55.0 Å². The van der Waals surface area contributed by atoms with Crippen LogP contribution in [0.4, 0.5) is 0 Å². The van der Waals surface area contributed by atoms with Crippen LogP contribution in [-0.4, -0.2) is 20.1 Å². The van der Waals surface area contributed by atoms with Crippen LogP contribution in [0.5, 0.6) is 5.88 Å². The number of benzene rings is 4. The number of hydrogen-bond donors (Lipinski definition) is 1. The van der Waals surface area contributed by atoms with Crippen molar-refractivity contribution in [2.45, 2.75) is 58.8 Å². The normalized spacial score (nSPS) is 12.5. The van der Waals surface area contributed by atoms with Crippen molar-refractivity contribution in [3.8, 4) is 28.1 Å². The summed E-state index contributed by atoms with van der Waals surface area (Å²) in [5, 5.41) is 13.4. The van der Waals surface area contributed by atoms with Gasteiger partial charge in [0.25, 0.3) is 0 Å². The molecule has 0 radical (unpaired) electrons. The van der Waals surface area contributed by atoms with Gasteiger partial charge in [0.05, 0.1) is 16.6 Å². The highest BCUT2D eigenvalue weighted by atomic mass is 16.3. The van der Waals surface area contributed by atoms with Crippen molar-refractivity contribution in [2.75, 3.05) is 0 Å². The molecule has 4 aromatic carbocycles. The number of nitrogens with zero attached hydrogens (tertiary/aromatic N) is 3. The Morgan fingerprint density at radius 3 is 2.02 bits per heavy atom. The summed E-state index contributed by atoms with van der Waals surface area (Å²) in [6.07, 6.45) is 2.77. The summed E-state index contributed by atoms with van der Waals surface area (Å²) >= 11 is 0. The largest absolute Gasteiger partial charge is 0.493 e. The number of pyridine rings is 3. The smallest absolute Gasteiger partial charge is 0.211 e. The summed E-state index contributed by atoms with van der Waals surface area (Å²) in [6.45, 7) is 11.2. The van der Waals surface area contributed by atoms with Gasteiger partial charge in [0, 0.05) is 34.1 Å². The molecular formula is C42H39N3O. The van der Waals surface area contributed by atoms with Gasteiger partial charge in [0.1, 0.15) is 0 Å². The summed E-state index contributed by atoms with van der Waals surface area (Å²) in [7, 11) is 0. The zero-order valence-corrected chi connectivity index (χ0v) is 27.1. The van der Waals surface area contributed by atoms with Crippen LogP contribution in [0.2, 0.25) is 0 Å². The summed E-state index contributed by atoms with van der Waals surface area (Å²) in [4.78, 5) is 14.1. The van der Waals surface area contributed by atoms with Gasteiger partial charge in [-0.2, -0.15) is 0 Å². The molecule has 0 aliphatic heterocycles. The van der Waals surface area contributed by atoms with Crippen molar-refractivity contribution in [3.63, 3.8) is 0 Å². The molecule has 0 saturated heterocycles. The minimum Gasteiger partial charge on any atom is -0.493 e. The number of rotatable bonds is 7. The second-order valence-corrected chi connectivity index (χ2v) is 13.2. The van der Waals surface area contributed by atoms with Crippen LogP contribution in [0.1, 0.15) is 74.8 Å². The Labute approximate surface area is 270 Å². The first kappa shape index (κ1) is 29.6. The lowest BCUT2D eigenvalue weighted by molar-refractivity contribution is 0.456. The summed E-state index contributed by atoms with van der Waals surface area (Å²) in [5.74, 6) is 1.19. The Morgan fingerprint density at radius 1 is 0.565 bits per heavy atom. The molecule has 3 aromatic heterocycles. The number of aromatic nitrogens is 3. The van der Waals surface area contributed by atoms with E-state index in [0.717, 1.165) is 56.1 Å². The second-order valence-electron chi connectivity index (χ2n) is 13.2. The molecule has 1 atom stereocenters. The lowest BCUT2D eigenvalue weighted by Crippen LogP contribution is -2.01. The lowest BCUT2D eigenvalue weighted by atomic mass is 9.89. The molecule has 0 bridgehead atoms. The van der Waals surface area contributed by atoms with Crippen LogP contribution >= 0.6 is 0 Å². The van der Waals surface area contributed by atoms with E-state index in [1.165, 1.54) is 27.6 Å². The predicted molar refractivity (Wildman–Crippen MR) is 192 cm³/mol. The molecule has 0 fully saturated rings. The Kier molecular flexibility index (Phi) is 7.74. The van der Waals surface area contributed by atoms with Gasteiger partial charge in [-0.25, -0.2) is 4.98 Å². The third-order valence-electron chi connectivity index (χ3n) is 9.26. The van der Waals surface area contributed by atoms with Crippen molar-refractivity contribution < 1.29 is 5.11 Å². The van der Waals surface area contributed by atoms with Gasteiger partial charge in [-0.15, -0.1) is 0 Å². The SMILES string of the molecule is CC(C)c1ccc2nc(CC(C)c3ccc4nccc(-c5ccc(-c6cc7nc(O)ccc7cc6C(C)C)cc5)c4c3)ccc2c1. The first-order chi connectivity index (χ1) is 22.2. The fourth-order valence-electron chi connectivity index (χ4n) is 6.55. The Bertz CT molecular complexity index is 2220. The van der Waals surface area contributed by atoms with Gasteiger partial charge in [-0.1, -0.05) is 77.1 Å². The fraction of sp³-hybridized carbons (Fsp3) is 0.214. The predicted octanol–water partition coefficient (Wildman–Crippen LogP) is 11.0. The topological polar surface area (TPSA) is 58.9 Å². The van der Waals surface area contributed by atoms with Crippen molar-refractivity contribution >= 4 is 32.7 Å². The van der Waals surface area contributed by atoms with Gasteiger partial charge in [-0.3, -0.25) is 9.97 Å². The van der Waals surface area contributed by atoms with E-state index in [1.807, 2.05) is 12.3 Å². The summed E-state index contributed by atoms with van der Waals surface area (Å²) in [5.41, 5.74) is 12.4. The zero-order chi connectivity index (χ0) is 31.9. The molecule has 1 N–H and O–H groups in total. The third-order valence-corrected chi connectivity index (χ3v) is 9.26. The number of fused-ring (bicyclic) bond motifs is 3. The maximum absolute atomic E-state index is 9.99. The molecule has 7 aromatic rings. The quantitative estimate of drug-likeness (QED) is 0.197. The molecular weight excluding hydrogens is 562 g/mol. The van der Waals surface area contributed by atoms with E-state index >= 15 is 0 Å². The number of aromatic hydroxyl groups is 1. The molecule has 0 amide bonds. The molecule has 0 aliphatic carbocycles. The van der Waals surface area contributed by atoms with E-state index in [9.17, 15) is 5.11 Å². The monoisotopic (exact) mass is 601 g/mol. The number of hydrogen-bond acceptors (Lipinski definition) is 4. The van der Waals surface area contributed by atoms with E-state index in [-0.39, 0.29) is 5.88 Å². The minimum absolute atomic E-state index is 0.0399. The highest BCUT2D eigenvalue weighted by Gasteiger charge is 2.15. The van der Waals surface area contributed by atoms with E-state index in [2.05, 4.69) is 131 Å². The molecule has 228 valence electrons. The maximum Gasteiger partial charge on any atom is 0.211 e. The molecule has 0 aliphatic rings. The summed E-state index contributed by atoms with van der Waals surface area (Å²) in [6, 6.07) is 36.5. The molecule has 7 rings (SSSR count). The highest BCUT2D eigenvalue weighted by Crippen LogP contribution is 2.36. The second kappa shape index (κ2) is 12.0. The van der Waals surface area contributed by atoms with Gasteiger partial charge < -0.3 is 5.11 Å².